The van der Waals surface area contributed by atoms with E-state index in [0.29, 0.717) is 0 Å². The van der Waals surface area contributed by atoms with Gasteiger partial charge in [-0.2, -0.15) is 11.3 Å². The Hall–Kier alpha value is -2.65. The van der Waals surface area contributed by atoms with Crippen LogP contribution in [0.25, 0.3) is 0 Å². The molecule has 0 amide bonds. The van der Waals surface area contributed by atoms with Gasteiger partial charge in [0, 0.05) is 11.9 Å². The zero-order chi connectivity index (χ0) is 16.4. The van der Waals surface area contributed by atoms with Crippen molar-refractivity contribution in [2.75, 3.05) is 0 Å². The van der Waals surface area contributed by atoms with Crippen LogP contribution in [-0.2, 0) is 0 Å². The molecule has 0 spiro atoms. The molecule has 0 aliphatic carbocycles. The normalized spacial score (nSPS) is 8.22. The van der Waals surface area contributed by atoms with E-state index in [1.807, 2.05) is 96.5 Å². The van der Waals surface area contributed by atoms with Crippen LogP contribution in [0.1, 0.15) is 5.69 Å². The standard InChI is InChI=1S/C6H7N.C6H6.C4H4O.C4H4S/c1-6-4-2-3-5-7-6;1-2-4-6-5-3-1;2*1-2-4-5-3-1/h2-5H,1H3;1-6H;2*1-4H. The molecule has 118 valence electrons. The summed E-state index contributed by atoms with van der Waals surface area (Å²) in [5.41, 5.74) is 1.07. The number of pyridine rings is 1. The summed E-state index contributed by atoms with van der Waals surface area (Å²) in [5, 5.41) is 4.08. The quantitative estimate of drug-likeness (QED) is 0.390. The molecule has 0 fully saturated rings. The number of benzene rings is 1. The molecular formula is C20H21NOS. The number of furan rings is 1. The highest BCUT2D eigenvalue weighted by Gasteiger charge is 1.73. The number of aryl methyl sites for hydroxylation is 1. The number of aromatic nitrogens is 1. The molecule has 3 heterocycles. The molecule has 3 heteroatoms. The second kappa shape index (κ2) is 14.3. The molecule has 4 rings (SSSR count). The maximum Gasteiger partial charge on any atom is 0.0902 e. The molecule has 0 saturated carbocycles. The van der Waals surface area contributed by atoms with Gasteiger partial charge in [0.25, 0.3) is 0 Å². The second-order valence-corrected chi connectivity index (χ2v) is 5.03. The van der Waals surface area contributed by atoms with Gasteiger partial charge in [-0.05, 0) is 41.9 Å². The van der Waals surface area contributed by atoms with Crippen LogP contribution in [0.2, 0.25) is 0 Å². The van der Waals surface area contributed by atoms with Crippen molar-refractivity contribution in [2.45, 2.75) is 6.92 Å². The van der Waals surface area contributed by atoms with Crippen LogP contribution in [0.4, 0.5) is 0 Å². The molecule has 0 unspecified atom stereocenters. The van der Waals surface area contributed by atoms with Gasteiger partial charge in [0.2, 0.25) is 0 Å². The number of nitrogens with zero attached hydrogens (tertiary/aromatic N) is 1. The second-order valence-electron chi connectivity index (χ2n) is 4.21. The molecule has 0 N–H and O–H groups in total. The summed E-state index contributed by atoms with van der Waals surface area (Å²) in [7, 11) is 0. The van der Waals surface area contributed by atoms with Crippen LogP contribution >= 0.6 is 11.3 Å². The van der Waals surface area contributed by atoms with Gasteiger partial charge in [-0.25, -0.2) is 0 Å². The van der Waals surface area contributed by atoms with Crippen LogP contribution in [0, 0.1) is 6.92 Å². The van der Waals surface area contributed by atoms with Crippen molar-refractivity contribution >= 4 is 11.3 Å². The summed E-state index contributed by atoms with van der Waals surface area (Å²) in [6, 6.07) is 25.6. The van der Waals surface area contributed by atoms with Gasteiger partial charge in [-0.15, -0.1) is 0 Å². The fraction of sp³-hybridized carbons (Fsp3) is 0.0500. The van der Waals surface area contributed by atoms with E-state index in [0.717, 1.165) is 5.69 Å². The Labute approximate surface area is 142 Å². The maximum atomic E-state index is 4.58. The Morgan fingerprint density at radius 1 is 0.696 bits per heavy atom. The minimum absolute atomic E-state index is 1.07. The summed E-state index contributed by atoms with van der Waals surface area (Å²) in [6.07, 6.45) is 5.04. The van der Waals surface area contributed by atoms with Crippen molar-refractivity contribution in [3.05, 3.63) is 114 Å². The van der Waals surface area contributed by atoms with Gasteiger partial charge in [0.15, 0.2) is 0 Å². The first-order valence-corrected chi connectivity index (χ1v) is 8.16. The smallest absolute Gasteiger partial charge is 0.0902 e. The maximum absolute atomic E-state index is 4.58. The zero-order valence-electron chi connectivity index (χ0n) is 13.2. The van der Waals surface area contributed by atoms with Crippen LogP contribution in [0.5, 0.6) is 0 Å². The molecule has 0 bridgehead atoms. The lowest BCUT2D eigenvalue weighted by atomic mass is 10.4. The van der Waals surface area contributed by atoms with Crippen LogP contribution in [0.3, 0.4) is 0 Å². The average molecular weight is 323 g/mol. The third-order valence-corrected chi connectivity index (χ3v) is 2.96. The Morgan fingerprint density at radius 2 is 1.26 bits per heavy atom. The lowest BCUT2D eigenvalue weighted by molar-refractivity contribution is 0.567. The van der Waals surface area contributed by atoms with Gasteiger partial charge in [0.05, 0.1) is 12.5 Å². The zero-order valence-corrected chi connectivity index (χ0v) is 14.0. The first-order chi connectivity index (χ1) is 11.4. The highest BCUT2D eigenvalue weighted by atomic mass is 32.1. The fourth-order valence-electron chi connectivity index (χ4n) is 1.29. The molecule has 3 aromatic heterocycles. The minimum atomic E-state index is 1.07. The highest BCUT2D eigenvalue weighted by Crippen LogP contribution is 1.91. The van der Waals surface area contributed by atoms with Crippen LogP contribution in [-0.4, -0.2) is 4.98 Å². The van der Waals surface area contributed by atoms with Gasteiger partial charge in [-0.1, -0.05) is 54.6 Å². The molecule has 0 radical (unpaired) electrons. The van der Waals surface area contributed by atoms with E-state index in [9.17, 15) is 0 Å². The van der Waals surface area contributed by atoms with Crippen molar-refractivity contribution in [3.8, 4) is 0 Å². The van der Waals surface area contributed by atoms with Gasteiger partial charge < -0.3 is 4.42 Å². The van der Waals surface area contributed by atoms with Gasteiger partial charge in [-0.3, -0.25) is 4.98 Å². The largest absolute Gasteiger partial charge is 0.473 e. The lowest BCUT2D eigenvalue weighted by Gasteiger charge is -1.82. The van der Waals surface area contributed by atoms with E-state index in [-0.39, 0.29) is 0 Å². The predicted octanol–water partition coefficient (Wildman–Crippen LogP) is 6.10. The highest BCUT2D eigenvalue weighted by molar-refractivity contribution is 7.07. The SMILES string of the molecule is Cc1ccccn1.c1ccccc1.c1ccoc1.c1ccsc1. The molecule has 0 aliphatic heterocycles. The molecule has 23 heavy (non-hydrogen) atoms. The minimum Gasteiger partial charge on any atom is -0.473 e. The fourth-order valence-corrected chi connectivity index (χ4v) is 1.74. The number of hydrogen-bond donors (Lipinski definition) is 0. The number of hydrogen-bond acceptors (Lipinski definition) is 3. The summed E-state index contributed by atoms with van der Waals surface area (Å²) >= 11 is 1.71. The van der Waals surface area contributed by atoms with E-state index >= 15 is 0 Å². The van der Waals surface area contributed by atoms with Gasteiger partial charge in [0.1, 0.15) is 0 Å². The summed E-state index contributed by atoms with van der Waals surface area (Å²) < 4.78 is 4.58. The van der Waals surface area contributed by atoms with E-state index in [2.05, 4.69) is 9.40 Å². The molecule has 2 nitrogen and oxygen atoms in total. The van der Waals surface area contributed by atoms with Crippen molar-refractivity contribution in [1.29, 1.82) is 0 Å². The molecular weight excluding hydrogens is 302 g/mol. The first kappa shape index (κ1) is 18.4. The summed E-state index contributed by atoms with van der Waals surface area (Å²) in [5.74, 6) is 0. The Kier molecular flexibility index (Phi) is 11.4. The molecule has 0 atom stereocenters. The monoisotopic (exact) mass is 323 g/mol. The summed E-state index contributed by atoms with van der Waals surface area (Å²) in [6.45, 7) is 1.97. The predicted molar refractivity (Wildman–Crippen MR) is 98.4 cm³/mol. The van der Waals surface area contributed by atoms with E-state index in [1.54, 1.807) is 30.1 Å². The van der Waals surface area contributed by atoms with Crippen molar-refractivity contribution in [3.63, 3.8) is 0 Å². The van der Waals surface area contributed by atoms with Gasteiger partial charge >= 0.3 is 0 Å². The molecule has 0 aliphatic rings. The number of thiophene rings is 1. The third-order valence-electron chi connectivity index (χ3n) is 2.33. The lowest BCUT2D eigenvalue weighted by Crippen LogP contribution is -1.72. The topological polar surface area (TPSA) is 26.0 Å². The Balaban J connectivity index is 0.000000155. The van der Waals surface area contributed by atoms with Crippen LogP contribution in [0.15, 0.2) is 113 Å². The van der Waals surface area contributed by atoms with Crippen molar-refractivity contribution in [1.82, 2.24) is 4.98 Å². The molecule has 4 aromatic rings. The molecule has 0 saturated heterocycles. The average Bonchev–Trinajstić information content (AvgIpc) is 3.36. The van der Waals surface area contributed by atoms with Crippen LogP contribution < -0.4 is 0 Å². The molecule has 1 aromatic carbocycles. The number of rotatable bonds is 0. The van der Waals surface area contributed by atoms with E-state index < -0.39 is 0 Å². The third kappa shape index (κ3) is 12.8. The van der Waals surface area contributed by atoms with E-state index in [1.165, 1.54) is 0 Å². The van der Waals surface area contributed by atoms with E-state index in [4.69, 9.17) is 0 Å². The van der Waals surface area contributed by atoms with Crippen molar-refractivity contribution in [2.24, 2.45) is 0 Å². The Morgan fingerprint density at radius 3 is 1.48 bits per heavy atom. The first-order valence-electron chi connectivity index (χ1n) is 7.21. The van der Waals surface area contributed by atoms with Crippen molar-refractivity contribution < 1.29 is 4.42 Å². The summed E-state index contributed by atoms with van der Waals surface area (Å²) in [4.78, 5) is 3.98. The Bertz CT molecular complexity index is 547.